The maximum atomic E-state index is 13.8. The van der Waals surface area contributed by atoms with Crippen molar-refractivity contribution in [3.05, 3.63) is 35.9 Å². The molecule has 0 aliphatic carbocycles. The van der Waals surface area contributed by atoms with Crippen LogP contribution in [0.3, 0.4) is 0 Å². The molecule has 35 heavy (non-hydrogen) atoms. The van der Waals surface area contributed by atoms with Gasteiger partial charge in [0.2, 0.25) is 11.8 Å². The molecule has 1 aromatic carbocycles. The number of unbranched alkanes of at least 4 members (excludes halogenated alkanes) is 3. The summed E-state index contributed by atoms with van der Waals surface area (Å²) in [6, 6.07) is 7.57. The molecule has 0 bridgehead atoms. The lowest BCUT2D eigenvalue weighted by molar-refractivity contribution is -0.142. The lowest BCUT2D eigenvalue weighted by Crippen LogP contribution is -2.54. The second kappa shape index (κ2) is 15.7. The van der Waals surface area contributed by atoms with E-state index >= 15 is 0 Å². The summed E-state index contributed by atoms with van der Waals surface area (Å²) in [7, 11) is 0. The van der Waals surface area contributed by atoms with Crippen LogP contribution < -0.4 is 10.6 Å². The number of benzene rings is 1. The summed E-state index contributed by atoms with van der Waals surface area (Å²) in [5, 5.41) is 5.73. The molecule has 3 atom stereocenters. The van der Waals surface area contributed by atoms with E-state index in [1.54, 1.807) is 25.7 Å². The van der Waals surface area contributed by atoms with Crippen LogP contribution in [0.4, 0.5) is 4.79 Å². The molecular formula is C27H45N3O4S. The fourth-order valence-electron chi connectivity index (χ4n) is 3.85. The second-order valence-corrected chi connectivity index (χ2v) is 10.4. The topological polar surface area (TPSA) is 87.7 Å². The molecule has 198 valence electrons. The Morgan fingerprint density at radius 3 is 2.20 bits per heavy atom. The SMILES string of the molecule is CCCCCCN(C(=O)C(CS)NC(=O)OC(C)(C)C)C(C(=O)NC(C)CCC)c1ccccc1. The number of amides is 3. The average Bonchev–Trinajstić information content (AvgIpc) is 2.78. The number of nitrogens with one attached hydrogen (secondary N) is 2. The largest absolute Gasteiger partial charge is 0.444 e. The number of carbonyl (C=O) groups is 3. The van der Waals surface area contributed by atoms with E-state index in [0.29, 0.717) is 6.54 Å². The monoisotopic (exact) mass is 507 g/mol. The molecule has 0 aliphatic heterocycles. The van der Waals surface area contributed by atoms with Crippen LogP contribution in [0.15, 0.2) is 30.3 Å². The van der Waals surface area contributed by atoms with Gasteiger partial charge in [0.1, 0.15) is 17.7 Å². The molecule has 0 radical (unpaired) electrons. The van der Waals surface area contributed by atoms with Gasteiger partial charge in [-0.15, -0.1) is 0 Å². The number of hydrogen-bond acceptors (Lipinski definition) is 5. The maximum Gasteiger partial charge on any atom is 0.408 e. The summed E-state index contributed by atoms with van der Waals surface area (Å²) in [4.78, 5) is 41.4. The Morgan fingerprint density at radius 2 is 1.66 bits per heavy atom. The minimum Gasteiger partial charge on any atom is -0.444 e. The molecular weight excluding hydrogens is 462 g/mol. The molecule has 0 saturated heterocycles. The van der Waals surface area contributed by atoms with E-state index in [0.717, 1.165) is 44.1 Å². The molecule has 0 spiro atoms. The first-order chi connectivity index (χ1) is 16.5. The predicted molar refractivity (Wildman–Crippen MR) is 145 cm³/mol. The Kier molecular flexibility index (Phi) is 13.8. The first-order valence-corrected chi connectivity index (χ1v) is 13.4. The molecule has 7 nitrogen and oxygen atoms in total. The number of ether oxygens (including phenoxy) is 1. The molecule has 2 N–H and O–H groups in total. The predicted octanol–water partition coefficient (Wildman–Crippen LogP) is 5.26. The summed E-state index contributed by atoms with van der Waals surface area (Å²) < 4.78 is 5.35. The van der Waals surface area contributed by atoms with Crippen molar-refractivity contribution in [2.45, 2.75) is 104 Å². The van der Waals surface area contributed by atoms with Crippen LogP contribution >= 0.6 is 12.6 Å². The molecule has 0 saturated carbocycles. The lowest BCUT2D eigenvalue weighted by Gasteiger charge is -2.35. The minimum atomic E-state index is -0.925. The number of thiol groups is 1. The number of carbonyl (C=O) groups excluding carboxylic acids is 3. The normalized spacial score (nSPS) is 13.9. The standard InChI is InChI=1S/C27H45N3O4S/c1-7-9-10-14-18-30(25(32)22(19-35)29-26(33)34-27(4,5)6)23(21-16-12-11-13-17-21)24(31)28-20(3)15-8-2/h11-13,16-17,20,22-23,35H,7-10,14-15,18-19H2,1-6H3,(H,28,31)(H,29,33). The highest BCUT2D eigenvalue weighted by molar-refractivity contribution is 7.80. The molecule has 0 heterocycles. The Labute approximate surface area is 217 Å². The Balaban J connectivity index is 3.30. The lowest BCUT2D eigenvalue weighted by atomic mass is 10.0. The van der Waals surface area contributed by atoms with E-state index in [4.69, 9.17) is 4.74 Å². The van der Waals surface area contributed by atoms with Crippen LogP contribution in [0.25, 0.3) is 0 Å². The Hall–Kier alpha value is -2.22. The molecule has 3 amide bonds. The fourth-order valence-corrected chi connectivity index (χ4v) is 4.09. The number of rotatable bonds is 14. The minimum absolute atomic E-state index is 0.0173. The van der Waals surface area contributed by atoms with Crippen molar-refractivity contribution in [1.29, 1.82) is 0 Å². The van der Waals surface area contributed by atoms with E-state index in [-0.39, 0.29) is 23.6 Å². The van der Waals surface area contributed by atoms with E-state index in [1.807, 2.05) is 37.3 Å². The summed E-state index contributed by atoms with van der Waals surface area (Å²) in [5.41, 5.74) is 0.0310. The first-order valence-electron chi connectivity index (χ1n) is 12.8. The average molecular weight is 508 g/mol. The number of alkyl carbamates (subject to hydrolysis) is 1. The zero-order chi connectivity index (χ0) is 26.4. The van der Waals surface area contributed by atoms with E-state index < -0.39 is 23.8 Å². The highest BCUT2D eigenvalue weighted by Gasteiger charge is 2.35. The zero-order valence-corrected chi connectivity index (χ0v) is 23.2. The van der Waals surface area contributed by atoms with Gasteiger partial charge >= 0.3 is 6.09 Å². The molecule has 1 aromatic rings. The van der Waals surface area contributed by atoms with E-state index in [9.17, 15) is 14.4 Å². The quantitative estimate of drug-likeness (QED) is 0.237. The van der Waals surface area contributed by atoms with Crippen molar-refractivity contribution >= 4 is 30.5 Å². The molecule has 0 fully saturated rings. The van der Waals surface area contributed by atoms with Gasteiger partial charge < -0.3 is 20.3 Å². The van der Waals surface area contributed by atoms with Crippen LogP contribution in [0.2, 0.25) is 0 Å². The third-order valence-electron chi connectivity index (χ3n) is 5.49. The van der Waals surface area contributed by atoms with Crippen molar-refractivity contribution < 1.29 is 19.1 Å². The summed E-state index contributed by atoms with van der Waals surface area (Å²) in [6.07, 6.45) is 4.91. The van der Waals surface area contributed by atoms with Crippen molar-refractivity contribution in [3.8, 4) is 0 Å². The van der Waals surface area contributed by atoms with Gasteiger partial charge in [-0.1, -0.05) is 69.9 Å². The highest BCUT2D eigenvalue weighted by atomic mass is 32.1. The van der Waals surface area contributed by atoms with Gasteiger partial charge in [-0.2, -0.15) is 12.6 Å². The van der Waals surface area contributed by atoms with Gasteiger partial charge in [0.15, 0.2) is 0 Å². The number of hydrogen-bond donors (Lipinski definition) is 3. The summed E-state index contributed by atoms with van der Waals surface area (Å²) >= 11 is 4.33. The zero-order valence-electron chi connectivity index (χ0n) is 22.3. The van der Waals surface area contributed by atoms with Gasteiger partial charge in [0.25, 0.3) is 0 Å². The van der Waals surface area contributed by atoms with Gasteiger partial charge in [0.05, 0.1) is 0 Å². The molecule has 8 heteroatoms. The molecule has 3 unspecified atom stereocenters. The van der Waals surface area contributed by atoms with E-state index in [2.05, 4.69) is 37.1 Å². The smallest absolute Gasteiger partial charge is 0.408 e. The van der Waals surface area contributed by atoms with Gasteiger partial charge in [-0.25, -0.2) is 4.79 Å². The fraction of sp³-hybridized carbons (Fsp3) is 0.667. The Morgan fingerprint density at radius 1 is 1.00 bits per heavy atom. The van der Waals surface area contributed by atoms with Crippen LogP contribution in [0.1, 0.15) is 91.7 Å². The third kappa shape index (κ3) is 11.4. The van der Waals surface area contributed by atoms with Crippen LogP contribution in [0, 0.1) is 0 Å². The Bertz CT molecular complexity index is 782. The molecule has 1 rings (SSSR count). The third-order valence-corrected chi connectivity index (χ3v) is 5.86. The van der Waals surface area contributed by atoms with Gasteiger partial charge in [-0.05, 0) is 46.1 Å². The van der Waals surface area contributed by atoms with Crippen molar-refractivity contribution in [1.82, 2.24) is 15.5 Å². The maximum absolute atomic E-state index is 13.8. The van der Waals surface area contributed by atoms with Crippen molar-refractivity contribution in [2.75, 3.05) is 12.3 Å². The van der Waals surface area contributed by atoms with E-state index in [1.165, 1.54) is 0 Å². The van der Waals surface area contributed by atoms with Crippen LogP contribution in [-0.2, 0) is 14.3 Å². The highest BCUT2D eigenvalue weighted by Crippen LogP contribution is 2.24. The van der Waals surface area contributed by atoms with Crippen LogP contribution in [0.5, 0.6) is 0 Å². The molecule has 0 aromatic heterocycles. The van der Waals surface area contributed by atoms with Gasteiger partial charge in [0, 0.05) is 18.3 Å². The van der Waals surface area contributed by atoms with Crippen LogP contribution in [-0.4, -0.2) is 52.8 Å². The van der Waals surface area contributed by atoms with Crippen molar-refractivity contribution in [2.24, 2.45) is 0 Å². The molecule has 0 aliphatic rings. The number of nitrogens with zero attached hydrogens (tertiary/aromatic N) is 1. The summed E-state index contributed by atoms with van der Waals surface area (Å²) in [5.74, 6) is -0.496. The first kappa shape index (κ1) is 30.8. The van der Waals surface area contributed by atoms with Crippen molar-refractivity contribution in [3.63, 3.8) is 0 Å². The summed E-state index contributed by atoms with van der Waals surface area (Å²) in [6.45, 7) is 11.8. The van der Waals surface area contributed by atoms with Gasteiger partial charge in [-0.3, -0.25) is 9.59 Å². The second-order valence-electron chi connectivity index (χ2n) is 9.99.